The van der Waals surface area contributed by atoms with Gasteiger partial charge in [0.05, 0.1) is 24.6 Å². The van der Waals surface area contributed by atoms with Crippen LogP contribution in [0.15, 0.2) is 23.9 Å². The number of aliphatic hydroxyl groups is 1. The maximum absolute atomic E-state index is 14.3. The third kappa shape index (κ3) is 4.23. The van der Waals surface area contributed by atoms with Crippen LogP contribution in [-0.2, 0) is 9.53 Å². The summed E-state index contributed by atoms with van der Waals surface area (Å²) in [6.07, 6.45) is -1.67. The fraction of sp³-hybridized carbons (Fsp3) is 0.400. The summed E-state index contributed by atoms with van der Waals surface area (Å²) >= 11 is 0. The molecule has 1 aromatic carbocycles. The van der Waals surface area contributed by atoms with Crippen molar-refractivity contribution in [2.24, 2.45) is 0 Å². The van der Waals surface area contributed by atoms with Crippen LogP contribution < -0.4 is 10.3 Å². The standard InChI is InChI=1S/C15H18FN3O5/c16-13-9-11(1-2-14(13)18-4-7-24-8-5-18)17-19(15(22)23)12(10-21)3-6-20/h1-2,9,17,20H,3-8H2,(H,22,23). The minimum Gasteiger partial charge on any atom is -0.463 e. The number of halogens is 1. The third-order valence-electron chi connectivity index (χ3n) is 3.47. The Balaban J connectivity index is 2.17. The molecule has 2 rings (SSSR count). The van der Waals surface area contributed by atoms with Crippen LogP contribution in [-0.4, -0.2) is 60.2 Å². The van der Waals surface area contributed by atoms with Gasteiger partial charge in [-0.05, 0) is 12.1 Å². The molecule has 130 valence electrons. The molecule has 3 N–H and O–H groups in total. The van der Waals surface area contributed by atoms with E-state index in [0.29, 0.717) is 37.0 Å². The number of carbonyl (C=O) groups is 1. The number of hydrogen-bond donors (Lipinski definition) is 3. The molecule has 0 unspecified atom stereocenters. The van der Waals surface area contributed by atoms with Crippen molar-refractivity contribution in [3.05, 3.63) is 29.7 Å². The first kappa shape index (κ1) is 17.7. The molecule has 0 spiro atoms. The summed E-state index contributed by atoms with van der Waals surface area (Å²) in [6, 6.07) is 4.17. The van der Waals surface area contributed by atoms with Gasteiger partial charge in [-0.2, -0.15) is 5.01 Å². The number of ether oxygens (including phenoxy) is 1. The van der Waals surface area contributed by atoms with E-state index in [2.05, 4.69) is 5.43 Å². The molecule has 0 bridgehead atoms. The lowest BCUT2D eigenvalue weighted by Gasteiger charge is -2.29. The van der Waals surface area contributed by atoms with Gasteiger partial charge in [-0.25, -0.2) is 14.0 Å². The normalized spacial score (nSPS) is 14.0. The van der Waals surface area contributed by atoms with Gasteiger partial charge in [-0.3, -0.25) is 5.43 Å². The quantitative estimate of drug-likeness (QED) is 0.526. The van der Waals surface area contributed by atoms with Gasteiger partial charge >= 0.3 is 6.09 Å². The van der Waals surface area contributed by atoms with E-state index in [-0.39, 0.29) is 17.8 Å². The molecule has 1 heterocycles. The molecule has 0 atom stereocenters. The molecular weight excluding hydrogens is 321 g/mol. The molecule has 0 radical (unpaired) electrons. The zero-order valence-electron chi connectivity index (χ0n) is 12.9. The van der Waals surface area contributed by atoms with Crippen molar-refractivity contribution >= 4 is 23.4 Å². The Morgan fingerprint density at radius 3 is 2.67 bits per heavy atom. The van der Waals surface area contributed by atoms with Crippen molar-refractivity contribution in [2.75, 3.05) is 43.2 Å². The average molecular weight is 339 g/mol. The van der Waals surface area contributed by atoms with Crippen LogP contribution in [0.5, 0.6) is 0 Å². The topological polar surface area (TPSA) is 102 Å². The molecule has 8 nitrogen and oxygen atoms in total. The second-order valence-electron chi connectivity index (χ2n) is 5.02. The molecule has 1 amide bonds. The largest absolute Gasteiger partial charge is 0.463 e. The number of carboxylic acid groups (broad SMARTS) is 1. The van der Waals surface area contributed by atoms with Crippen LogP contribution in [0.2, 0.25) is 0 Å². The number of morpholine rings is 1. The Morgan fingerprint density at radius 1 is 1.42 bits per heavy atom. The molecule has 0 aromatic heterocycles. The fourth-order valence-electron chi connectivity index (χ4n) is 2.31. The summed E-state index contributed by atoms with van der Waals surface area (Å²) in [4.78, 5) is 23.9. The first-order valence-electron chi connectivity index (χ1n) is 7.33. The SMILES string of the molecule is O=C=C(CCO)N(Nc1ccc(N2CCOCC2)c(F)c1)C(=O)O. The Kier molecular flexibility index (Phi) is 6.14. The highest BCUT2D eigenvalue weighted by atomic mass is 19.1. The van der Waals surface area contributed by atoms with Gasteiger partial charge in [0, 0.05) is 32.2 Å². The summed E-state index contributed by atoms with van der Waals surface area (Å²) in [5.74, 6) is 0.934. The van der Waals surface area contributed by atoms with Crippen molar-refractivity contribution in [3.8, 4) is 0 Å². The molecular formula is C15H18FN3O5. The lowest BCUT2D eigenvalue weighted by Crippen LogP contribution is -2.37. The first-order valence-corrected chi connectivity index (χ1v) is 7.33. The van der Waals surface area contributed by atoms with E-state index < -0.39 is 18.5 Å². The Morgan fingerprint density at radius 2 is 2.12 bits per heavy atom. The molecule has 24 heavy (non-hydrogen) atoms. The Hall–Kier alpha value is -2.61. The summed E-state index contributed by atoms with van der Waals surface area (Å²) in [5, 5.41) is 18.5. The fourth-order valence-corrected chi connectivity index (χ4v) is 2.31. The number of rotatable bonds is 6. The van der Waals surface area contributed by atoms with Gasteiger partial charge in [0.2, 0.25) is 0 Å². The van der Waals surface area contributed by atoms with Crippen molar-refractivity contribution < 1.29 is 28.9 Å². The number of amides is 1. The van der Waals surface area contributed by atoms with E-state index in [1.54, 1.807) is 0 Å². The van der Waals surface area contributed by atoms with Gasteiger partial charge < -0.3 is 19.8 Å². The number of anilines is 2. The number of nitrogens with zero attached hydrogens (tertiary/aromatic N) is 2. The van der Waals surface area contributed by atoms with Crippen molar-refractivity contribution in [1.82, 2.24) is 5.01 Å². The van der Waals surface area contributed by atoms with Gasteiger partial charge in [0.1, 0.15) is 17.5 Å². The van der Waals surface area contributed by atoms with Gasteiger partial charge in [-0.15, -0.1) is 0 Å². The van der Waals surface area contributed by atoms with Crippen molar-refractivity contribution in [3.63, 3.8) is 0 Å². The van der Waals surface area contributed by atoms with Crippen LogP contribution in [0.3, 0.4) is 0 Å². The maximum Gasteiger partial charge on any atom is 0.431 e. The number of aliphatic hydroxyl groups excluding tert-OH is 1. The summed E-state index contributed by atoms with van der Waals surface area (Å²) in [6.45, 7) is 1.75. The third-order valence-corrected chi connectivity index (χ3v) is 3.47. The molecule has 9 heteroatoms. The highest BCUT2D eigenvalue weighted by Gasteiger charge is 2.20. The number of hydrazine groups is 1. The minimum absolute atomic E-state index is 0.151. The number of hydrogen-bond acceptors (Lipinski definition) is 6. The zero-order valence-corrected chi connectivity index (χ0v) is 12.9. The average Bonchev–Trinajstić information content (AvgIpc) is 2.58. The van der Waals surface area contributed by atoms with Crippen LogP contribution in [0.25, 0.3) is 0 Å². The van der Waals surface area contributed by atoms with Gasteiger partial charge in [0.25, 0.3) is 0 Å². The van der Waals surface area contributed by atoms with E-state index in [9.17, 15) is 14.0 Å². The van der Waals surface area contributed by atoms with E-state index in [0.717, 1.165) is 6.07 Å². The maximum atomic E-state index is 14.3. The summed E-state index contributed by atoms with van der Waals surface area (Å²) in [7, 11) is 0. The molecule has 1 saturated heterocycles. The molecule has 0 aliphatic carbocycles. The van der Waals surface area contributed by atoms with Crippen LogP contribution in [0.1, 0.15) is 6.42 Å². The second-order valence-corrected chi connectivity index (χ2v) is 5.02. The molecule has 1 aliphatic heterocycles. The Bertz CT molecular complexity index is 642. The smallest absolute Gasteiger partial charge is 0.431 e. The predicted molar refractivity (Wildman–Crippen MR) is 83.8 cm³/mol. The molecule has 1 aromatic rings. The number of nitrogens with one attached hydrogen (secondary N) is 1. The first-order chi connectivity index (χ1) is 11.6. The minimum atomic E-state index is -1.47. The zero-order chi connectivity index (χ0) is 17.5. The van der Waals surface area contributed by atoms with Crippen LogP contribution in [0, 0.1) is 5.82 Å². The lowest BCUT2D eigenvalue weighted by molar-refractivity contribution is 0.122. The Labute approximate surface area is 137 Å². The van der Waals surface area contributed by atoms with Gasteiger partial charge in [0.15, 0.2) is 0 Å². The van der Waals surface area contributed by atoms with Crippen LogP contribution >= 0.6 is 0 Å². The summed E-state index contributed by atoms with van der Waals surface area (Å²) in [5.41, 5.74) is 2.67. The van der Waals surface area contributed by atoms with E-state index in [4.69, 9.17) is 14.9 Å². The number of carbonyl (C=O) groups excluding carboxylic acids is 1. The summed E-state index contributed by atoms with van der Waals surface area (Å²) < 4.78 is 19.5. The second kappa shape index (κ2) is 8.30. The van der Waals surface area contributed by atoms with Crippen LogP contribution in [0.4, 0.5) is 20.6 Å². The highest BCUT2D eigenvalue weighted by Crippen LogP contribution is 2.24. The monoisotopic (exact) mass is 339 g/mol. The molecule has 1 aliphatic rings. The number of benzene rings is 1. The van der Waals surface area contributed by atoms with E-state index >= 15 is 0 Å². The molecule has 1 fully saturated rings. The highest BCUT2D eigenvalue weighted by molar-refractivity contribution is 5.74. The molecule has 0 saturated carbocycles. The van der Waals surface area contributed by atoms with Crippen molar-refractivity contribution in [2.45, 2.75) is 6.42 Å². The predicted octanol–water partition coefficient (Wildman–Crippen LogP) is 1.07. The van der Waals surface area contributed by atoms with E-state index in [1.807, 2.05) is 4.90 Å². The van der Waals surface area contributed by atoms with Crippen molar-refractivity contribution in [1.29, 1.82) is 0 Å². The van der Waals surface area contributed by atoms with E-state index in [1.165, 1.54) is 18.1 Å². The lowest BCUT2D eigenvalue weighted by atomic mass is 10.2. The van der Waals surface area contributed by atoms with Gasteiger partial charge in [-0.1, -0.05) is 0 Å².